The van der Waals surface area contributed by atoms with Crippen LogP contribution in [-0.4, -0.2) is 30.8 Å². The average molecular weight is 303 g/mol. The number of aromatic nitrogens is 4. The van der Waals surface area contributed by atoms with E-state index >= 15 is 0 Å². The summed E-state index contributed by atoms with van der Waals surface area (Å²) in [5.74, 6) is -0.431. The topological polar surface area (TPSA) is 83.8 Å². The summed E-state index contributed by atoms with van der Waals surface area (Å²) >= 11 is 6.22. The number of hydrogen-bond donors (Lipinski definition) is 2. The molecule has 0 spiro atoms. The number of nitrogens with zero attached hydrogens (tertiary/aromatic N) is 3. The molecular weight excluding hydrogens is 292 g/mol. The summed E-state index contributed by atoms with van der Waals surface area (Å²) < 4.78 is 1.37. The molecule has 1 saturated carbocycles. The number of aromatic amines is 1. The molecule has 106 valence electrons. The highest BCUT2D eigenvalue weighted by Gasteiger charge is 2.34. The van der Waals surface area contributed by atoms with Gasteiger partial charge in [-0.05, 0) is 25.0 Å². The van der Waals surface area contributed by atoms with E-state index in [0.29, 0.717) is 11.6 Å². The second-order valence-corrected chi connectivity index (χ2v) is 5.48. The van der Waals surface area contributed by atoms with E-state index in [1.807, 2.05) is 24.3 Å². The number of carboxylic acid groups (broad SMARTS) is 1. The first-order valence-electron chi connectivity index (χ1n) is 6.62. The Labute approximate surface area is 124 Å². The summed E-state index contributed by atoms with van der Waals surface area (Å²) in [5, 5.41) is 13.8. The second kappa shape index (κ2) is 4.33. The monoisotopic (exact) mass is 302 g/mol. The molecule has 1 aliphatic rings. The number of H-pyrrole nitrogens is 1. The Kier molecular flexibility index (Phi) is 2.56. The molecule has 2 N–H and O–H groups in total. The summed E-state index contributed by atoms with van der Waals surface area (Å²) in [5.41, 5.74) is 2.26. The first-order chi connectivity index (χ1) is 10.1. The number of nitrogens with one attached hydrogen (secondary N) is 1. The lowest BCUT2D eigenvalue weighted by Crippen LogP contribution is -2.00. The van der Waals surface area contributed by atoms with E-state index in [1.54, 1.807) is 0 Å². The zero-order chi connectivity index (χ0) is 14.6. The van der Waals surface area contributed by atoms with Gasteiger partial charge in [-0.3, -0.25) is 0 Å². The minimum atomic E-state index is -1.05. The summed E-state index contributed by atoms with van der Waals surface area (Å²) in [6, 6.07) is 7.54. The lowest BCUT2D eigenvalue weighted by Gasteiger charge is -1.96. The molecule has 0 radical (unpaired) electrons. The van der Waals surface area contributed by atoms with E-state index in [4.69, 9.17) is 11.6 Å². The van der Waals surface area contributed by atoms with Crippen LogP contribution in [0, 0.1) is 0 Å². The van der Waals surface area contributed by atoms with Crippen LogP contribution in [0.2, 0.25) is 5.15 Å². The molecule has 0 atom stereocenters. The van der Waals surface area contributed by atoms with Crippen LogP contribution < -0.4 is 0 Å². The Morgan fingerprint density at radius 2 is 2.14 bits per heavy atom. The molecule has 6 nitrogen and oxygen atoms in total. The molecule has 1 fully saturated rings. The van der Waals surface area contributed by atoms with Gasteiger partial charge in [-0.15, -0.1) is 0 Å². The predicted octanol–water partition coefficient (Wildman–Crippen LogP) is 2.98. The quantitative estimate of drug-likeness (QED) is 0.779. The van der Waals surface area contributed by atoms with Crippen molar-refractivity contribution in [2.24, 2.45) is 0 Å². The number of rotatable bonds is 3. The zero-order valence-corrected chi connectivity index (χ0v) is 11.6. The Bertz CT molecular complexity index is 830. The SMILES string of the molecule is O=C(O)c1c(C2CC2)nn(-c2nc3ccccc3[nH]2)c1Cl. The fourth-order valence-corrected chi connectivity index (χ4v) is 2.73. The Morgan fingerprint density at radius 3 is 2.81 bits per heavy atom. The van der Waals surface area contributed by atoms with Crippen LogP contribution in [0.25, 0.3) is 17.0 Å². The van der Waals surface area contributed by atoms with E-state index in [1.165, 1.54) is 4.68 Å². The highest BCUT2D eigenvalue weighted by molar-refractivity contribution is 6.33. The average Bonchev–Trinajstić information content (AvgIpc) is 3.11. The minimum Gasteiger partial charge on any atom is -0.478 e. The van der Waals surface area contributed by atoms with Gasteiger partial charge >= 0.3 is 5.97 Å². The Balaban J connectivity index is 1.91. The number of aromatic carboxylic acids is 1. The number of para-hydroxylation sites is 2. The summed E-state index contributed by atoms with van der Waals surface area (Å²) in [6.07, 6.45) is 1.90. The van der Waals surface area contributed by atoms with Gasteiger partial charge in [0.2, 0.25) is 5.95 Å². The van der Waals surface area contributed by atoms with E-state index in [9.17, 15) is 9.90 Å². The van der Waals surface area contributed by atoms with Crippen molar-refractivity contribution < 1.29 is 9.90 Å². The van der Waals surface area contributed by atoms with E-state index < -0.39 is 5.97 Å². The van der Waals surface area contributed by atoms with Gasteiger partial charge in [0.25, 0.3) is 0 Å². The molecule has 3 aromatic rings. The van der Waals surface area contributed by atoms with Gasteiger partial charge in [0.1, 0.15) is 5.56 Å². The van der Waals surface area contributed by atoms with Crippen LogP contribution >= 0.6 is 11.6 Å². The molecule has 0 saturated heterocycles. The van der Waals surface area contributed by atoms with Crippen molar-refractivity contribution in [1.29, 1.82) is 0 Å². The highest BCUT2D eigenvalue weighted by atomic mass is 35.5. The zero-order valence-electron chi connectivity index (χ0n) is 10.9. The largest absolute Gasteiger partial charge is 0.478 e. The maximum Gasteiger partial charge on any atom is 0.340 e. The van der Waals surface area contributed by atoms with E-state index in [2.05, 4.69) is 15.1 Å². The third-order valence-corrected chi connectivity index (χ3v) is 3.96. The van der Waals surface area contributed by atoms with Crippen molar-refractivity contribution in [2.75, 3.05) is 0 Å². The lowest BCUT2D eigenvalue weighted by molar-refractivity contribution is 0.0696. The fourth-order valence-electron chi connectivity index (χ4n) is 2.43. The summed E-state index contributed by atoms with van der Waals surface area (Å²) in [4.78, 5) is 18.9. The molecule has 0 bridgehead atoms. The van der Waals surface area contributed by atoms with Crippen molar-refractivity contribution in [3.8, 4) is 5.95 Å². The number of halogens is 1. The Hall–Kier alpha value is -2.34. The molecule has 0 unspecified atom stereocenters. The summed E-state index contributed by atoms with van der Waals surface area (Å²) in [7, 11) is 0. The first kappa shape index (κ1) is 12.4. The van der Waals surface area contributed by atoms with Crippen LogP contribution in [0.1, 0.15) is 34.8 Å². The molecule has 4 rings (SSSR count). The van der Waals surface area contributed by atoms with Crippen molar-refractivity contribution in [3.63, 3.8) is 0 Å². The number of fused-ring (bicyclic) bond motifs is 1. The van der Waals surface area contributed by atoms with Gasteiger partial charge in [0, 0.05) is 5.92 Å². The second-order valence-electron chi connectivity index (χ2n) is 5.12. The van der Waals surface area contributed by atoms with Crippen LogP contribution in [0.15, 0.2) is 24.3 Å². The summed E-state index contributed by atoms with van der Waals surface area (Å²) in [6.45, 7) is 0. The van der Waals surface area contributed by atoms with Crippen molar-refractivity contribution in [1.82, 2.24) is 19.7 Å². The van der Waals surface area contributed by atoms with Crippen LogP contribution in [0.5, 0.6) is 0 Å². The predicted molar refractivity (Wildman–Crippen MR) is 77.2 cm³/mol. The van der Waals surface area contributed by atoms with Crippen LogP contribution in [0.4, 0.5) is 0 Å². The molecule has 7 heteroatoms. The van der Waals surface area contributed by atoms with Gasteiger partial charge in [0.15, 0.2) is 5.15 Å². The Morgan fingerprint density at radius 1 is 1.38 bits per heavy atom. The molecule has 21 heavy (non-hydrogen) atoms. The standard InChI is InChI=1S/C14H11ClN4O2/c15-12-10(13(20)21)11(7-5-6-7)18-19(12)14-16-8-3-1-2-4-9(8)17-14/h1-4,7H,5-6H2,(H,16,17)(H,20,21). The number of imidazole rings is 1. The van der Waals surface area contributed by atoms with Crippen LogP contribution in [0.3, 0.4) is 0 Å². The normalized spacial score (nSPS) is 14.7. The molecule has 1 aromatic carbocycles. The maximum absolute atomic E-state index is 11.4. The van der Waals surface area contributed by atoms with Crippen molar-refractivity contribution in [2.45, 2.75) is 18.8 Å². The third kappa shape index (κ3) is 1.91. The van der Waals surface area contributed by atoms with E-state index in [-0.39, 0.29) is 16.6 Å². The fraction of sp³-hybridized carbons (Fsp3) is 0.214. The van der Waals surface area contributed by atoms with Gasteiger partial charge in [-0.25, -0.2) is 9.78 Å². The smallest absolute Gasteiger partial charge is 0.340 e. The van der Waals surface area contributed by atoms with Crippen molar-refractivity contribution in [3.05, 3.63) is 40.7 Å². The number of carbonyl (C=O) groups is 1. The first-order valence-corrected chi connectivity index (χ1v) is 7.00. The van der Waals surface area contributed by atoms with Crippen LogP contribution in [-0.2, 0) is 0 Å². The molecule has 2 aromatic heterocycles. The van der Waals surface area contributed by atoms with Gasteiger partial charge in [0.05, 0.1) is 16.7 Å². The molecule has 2 heterocycles. The number of hydrogen-bond acceptors (Lipinski definition) is 3. The molecule has 1 aliphatic carbocycles. The maximum atomic E-state index is 11.4. The lowest BCUT2D eigenvalue weighted by atomic mass is 10.2. The molecule has 0 aliphatic heterocycles. The molecule has 0 amide bonds. The van der Waals surface area contributed by atoms with Crippen molar-refractivity contribution >= 4 is 28.6 Å². The molecular formula is C14H11ClN4O2. The number of benzene rings is 1. The number of carboxylic acids is 1. The van der Waals surface area contributed by atoms with Gasteiger partial charge < -0.3 is 10.1 Å². The third-order valence-electron chi connectivity index (χ3n) is 3.61. The van der Waals surface area contributed by atoms with Gasteiger partial charge in [-0.2, -0.15) is 9.78 Å². The van der Waals surface area contributed by atoms with Gasteiger partial charge in [-0.1, -0.05) is 23.7 Å². The van der Waals surface area contributed by atoms with E-state index in [0.717, 1.165) is 23.9 Å². The minimum absolute atomic E-state index is 0.0830. The highest BCUT2D eigenvalue weighted by Crippen LogP contribution is 2.42.